The van der Waals surface area contributed by atoms with Crippen LogP contribution in [0.1, 0.15) is 25.1 Å². The zero-order chi connectivity index (χ0) is 17.1. The van der Waals surface area contributed by atoms with Gasteiger partial charge in [-0.25, -0.2) is 4.98 Å². The van der Waals surface area contributed by atoms with Gasteiger partial charge in [-0.2, -0.15) is 0 Å². The molecule has 0 bridgehead atoms. The third-order valence-corrected chi connectivity index (χ3v) is 4.86. The third-order valence-electron chi connectivity index (χ3n) is 4.86. The lowest BCUT2D eigenvalue weighted by Gasteiger charge is -2.32. The van der Waals surface area contributed by atoms with Crippen molar-refractivity contribution in [2.75, 3.05) is 20.1 Å². The Labute approximate surface area is 141 Å². The van der Waals surface area contributed by atoms with Crippen molar-refractivity contribution < 1.29 is 9.59 Å². The summed E-state index contributed by atoms with van der Waals surface area (Å²) in [6, 6.07) is 7.89. The first kappa shape index (κ1) is 16.5. The second-order valence-corrected chi connectivity index (χ2v) is 6.44. The first-order valence-electron chi connectivity index (χ1n) is 8.48. The van der Waals surface area contributed by atoms with Gasteiger partial charge in [0.05, 0.1) is 11.0 Å². The van der Waals surface area contributed by atoms with E-state index in [4.69, 9.17) is 0 Å². The number of hydrogen-bond acceptors (Lipinski definition) is 3. The van der Waals surface area contributed by atoms with Gasteiger partial charge in [0.1, 0.15) is 12.4 Å². The van der Waals surface area contributed by atoms with E-state index in [0.717, 1.165) is 42.8 Å². The van der Waals surface area contributed by atoms with Crippen LogP contribution in [0.4, 0.5) is 0 Å². The van der Waals surface area contributed by atoms with Gasteiger partial charge in [-0.1, -0.05) is 12.1 Å². The van der Waals surface area contributed by atoms with E-state index in [0.29, 0.717) is 18.9 Å². The Morgan fingerprint density at radius 3 is 2.67 bits per heavy atom. The number of rotatable bonds is 4. The topological polar surface area (TPSA) is 67.2 Å². The normalized spacial score (nSPS) is 15.7. The predicted molar refractivity (Wildman–Crippen MR) is 92.5 cm³/mol. The van der Waals surface area contributed by atoms with Crippen molar-refractivity contribution in [3.63, 3.8) is 0 Å². The van der Waals surface area contributed by atoms with Gasteiger partial charge in [-0.3, -0.25) is 9.59 Å². The summed E-state index contributed by atoms with van der Waals surface area (Å²) in [4.78, 5) is 30.5. The number of hydrogen-bond donors (Lipinski definition) is 1. The fourth-order valence-electron chi connectivity index (χ4n) is 3.38. The summed E-state index contributed by atoms with van der Waals surface area (Å²) in [5, 5.41) is 2.67. The Morgan fingerprint density at radius 1 is 1.25 bits per heavy atom. The van der Waals surface area contributed by atoms with E-state index in [9.17, 15) is 9.59 Å². The first-order chi connectivity index (χ1) is 11.6. The highest BCUT2D eigenvalue weighted by Crippen LogP contribution is 2.21. The maximum Gasteiger partial charge on any atom is 0.242 e. The van der Waals surface area contributed by atoms with Gasteiger partial charge in [0, 0.05) is 26.6 Å². The number of benzene rings is 1. The first-order valence-corrected chi connectivity index (χ1v) is 8.48. The lowest BCUT2D eigenvalue weighted by atomic mass is 9.93. The van der Waals surface area contributed by atoms with E-state index in [1.165, 1.54) is 0 Å². The van der Waals surface area contributed by atoms with Gasteiger partial charge in [-0.15, -0.1) is 0 Å². The maximum atomic E-state index is 12.6. The summed E-state index contributed by atoms with van der Waals surface area (Å²) in [6.45, 7) is 3.72. The largest absolute Gasteiger partial charge is 0.359 e. The Morgan fingerprint density at radius 2 is 1.96 bits per heavy atom. The molecule has 3 rings (SSSR count). The number of fused-ring (bicyclic) bond motifs is 1. The van der Waals surface area contributed by atoms with E-state index in [2.05, 4.69) is 10.3 Å². The van der Waals surface area contributed by atoms with Gasteiger partial charge in [0.15, 0.2) is 0 Å². The molecule has 6 nitrogen and oxygen atoms in total. The molecule has 0 atom stereocenters. The molecule has 1 aliphatic heterocycles. The molecule has 1 N–H and O–H groups in total. The van der Waals surface area contributed by atoms with E-state index in [1.54, 1.807) is 7.05 Å². The molecule has 0 aliphatic carbocycles. The summed E-state index contributed by atoms with van der Waals surface area (Å²) in [5.74, 6) is 1.45. The van der Waals surface area contributed by atoms with Crippen LogP contribution in [0.5, 0.6) is 0 Å². The maximum absolute atomic E-state index is 12.6. The van der Waals surface area contributed by atoms with Crippen LogP contribution in [0, 0.1) is 12.8 Å². The van der Waals surface area contributed by atoms with E-state index in [-0.39, 0.29) is 11.8 Å². The Kier molecular flexibility index (Phi) is 4.83. The highest BCUT2D eigenvalue weighted by atomic mass is 16.2. The van der Waals surface area contributed by atoms with Crippen molar-refractivity contribution in [2.24, 2.45) is 5.92 Å². The summed E-state index contributed by atoms with van der Waals surface area (Å²) in [5.41, 5.74) is 1.92. The third kappa shape index (κ3) is 3.42. The average molecular weight is 328 g/mol. The summed E-state index contributed by atoms with van der Waals surface area (Å²) in [7, 11) is 1.67. The predicted octanol–water partition coefficient (Wildman–Crippen LogP) is 1.72. The summed E-state index contributed by atoms with van der Waals surface area (Å²) in [6.07, 6.45) is 2.34. The van der Waals surface area contributed by atoms with Crippen molar-refractivity contribution in [3.8, 4) is 0 Å². The number of likely N-dealkylation sites (tertiary alicyclic amines) is 1. The van der Waals surface area contributed by atoms with Crippen molar-refractivity contribution in [2.45, 2.75) is 32.7 Å². The molecule has 1 saturated heterocycles. The fraction of sp³-hybridized carbons (Fsp3) is 0.500. The quantitative estimate of drug-likeness (QED) is 0.929. The van der Waals surface area contributed by atoms with Gasteiger partial charge >= 0.3 is 0 Å². The van der Waals surface area contributed by atoms with Crippen LogP contribution in [0.2, 0.25) is 0 Å². The number of nitrogens with zero attached hydrogens (tertiary/aromatic N) is 3. The lowest BCUT2D eigenvalue weighted by molar-refractivity contribution is -0.133. The number of carbonyl (C=O) groups is 2. The molecule has 1 fully saturated rings. The molecule has 2 amide bonds. The number of carbonyl (C=O) groups excluding carboxylic acids is 2. The zero-order valence-corrected chi connectivity index (χ0v) is 14.3. The zero-order valence-electron chi connectivity index (χ0n) is 14.3. The van der Waals surface area contributed by atoms with Crippen molar-refractivity contribution in [3.05, 3.63) is 30.1 Å². The minimum atomic E-state index is 0.0836. The number of nitrogens with one attached hydrogen (secondary N) is 1. The highest BCUT2D eigenvalue weighted by molar-refractivity contribution is 5.81. The second-order valence-electron chi connectivity index (χ2n) is 6.44. The van der Waals surface area contributed by atoms with E-state index < -0.39 is 0 Å². The van der Waals surface area contributed by atoms with Gasteiger partial charge in [0.2, 0.25) is 11.8 Å². The fourth-order valence-corrected chi connectivity index (χ4v) is 3.38. The molecule has 6 heteroatoms. The molecule has 0 spiro atoms. The van der Waals surface area contributed by atoms with Crippen LogP contribution in [0.15, 0.2) is 24.3 Å². The SMILES string of the molecule is CNC(=O)CC1CCN(C(=O)Cn2c(C)nc3ccccc32)CC1. The molecular formula is C18H24N4O2. The lowest BCUT2D eigenvalue weighted by Crippen LogP contribution is -2.41. The standard InChI is InChI=1S/C18H24N4O2/c1-13-20-15-5-3-4-6-16(15)22(13)12-18(24)21-9-7-14(8-10-21)11-17(23)19-2/h3-6,14H,7-12H2,1-2H3,(H,19,23). The van der Waals surface area contributed by atoms with Crippen molar-refractivity contribution in [1.29, 1.82) is 0 Å². The number of aromatic nitrogens is 2. The van der Waals surface area contributed by atoms with Crippen LogP contribution in [-0.2, 0) is 16.1 Å². The molecule has 2 aromatic rings. The Hall–Kier alpha value is -2.37. The van der Waals surface area contributed by atoms with Crippen molar-refractivity contribution in [1.82, 2.24) is 19.8 Å². The summed E-state index contributed by atoms with van der Waals surface area (Å²) < 4.78 is 1.98. The van der Waals surface area contributed by atoms with Crippen LogP contribution < -0.4 is 5.32 Å². The van der Waals surface area contributed by atoms with E-state index >= 15 is 0 Å². The molecule has 24 heavy (non-hydrogen) atoms. The van der Waals surface area contributed by atoms with Gasteiger partial charge in [0.25, 0.3) is 0 Å². The molecule has 128 valence electrons. The van der Waals surface area contributed by atoms with Crippen molar-refractivity contribution >= 4 is 22.8 Å². The van der Waals surface area contributed by atoms with Gasteiger partial charge < -0.3 is 14.8 Å². The van der Waals surface area contributed by atoms with Crippen LogP contribution in [0.25, 0.3) is 11.0 Å². The molecule has 2 heterocycles. The molecule has 0 radical (unpaired) electrons. The van der Waals surface area contributed by atoms with E-state index in [1.807, 2.05) is 40.7 Å². The number of piperidine rings is 1. The molecule has 1 aliphatic rings. The molecule has 0 unspecified atom stereocenters. The summed E-state index contributed by atoms with van der Waals surface area (Å²) >= 11 is 0. The molecular weight excluding hydrogens is 304 g/mol. The average Bonchev–Trinajstić information content (AvgIpc) is 2.91. The molecule has 1 aromatic carbocycles. The Bertz CT molecular complexity index is 745. The van der Waals surface area contributed by atoms with Crippen LogP contribution in [-0.4, -0.2) is 46.4 Å². The number of imidazole rings is 1. The van der Waals surface area contributed by atoms with Crippen LogP contribution >= 0.6 is 0 Å². The highest BCUT2D eigenvalue weighted by Gasteiger charge is 2.24. The number of para-hydroxylation sites is 2. The minimum Gasteiger partial charge on any atom is -0.359 e. The smallest absolute Gasteiger partial charge is 0.242 e. The monoisotopic (exact) mass is 328 g/mol. The minimum absolute atomic E-state index is 0.0836. The number of amides is 2. The molecule has 0 saturated carbocycles. The van der Waals surface area contributed by atoms with Crippen LogP contribution in [0.3, 0.4) is 0 Å². The number of aryl methyl sites for hydroxylation is 1. The Balaban J connectivity index is 1.62. The van der Waals surface area contributed by atoms with Gasteiger partial charge in [-0.05, 0) is 37.8 Å². The molecule has 1 aromatic heterocycles. The second kappa shape index (κ2) is 7.03.